The van der Waals surface area contributed by atoms with Gasteiger partial charge in [0.25, 0.3) is 0 Å². The molecule has 8 aromatic rings. The van der Waals surface area contributed by atoms with E-state index >= 15 is 0 Å². The molecule has 6 aromatic carbocycles. The number of nitriles is 1. The van der Waals surface area contributed by atoms with E-state index in [1.165, 1.54) is 22.3 Å². The Labute approximate surface area is 273 Å². The highest BCUT2D eigenvalue weighted by atomic mass is 15.2. The molecule has 4 nitrogen and oxygen atoms in total. The van der Waals surface area contributed by atoms with Gasteiger partial charge in [-0.3, -0.25) is 9.47 Å². The molecule has 0 unspecified atom stereocenters. The molecule has 0 aliphatic carbocycles. The van der Waals surface area contributed by atoms with Crippen molar-refractivity contribution >= 4 is 39.0 Å². The molecule has 0 N–H and O–H groups in total. The Morgan fingerprint density at radius 3 is 1.70 bits per heavy atom. The van der Waals surface area contributed by atoms with Crippen molar-refractivity contribution in [1.82, 2.24) is 9.55 Å². The molecule has 4 heteroatoms. The van der Waals surface area contributed by atoms with Gasteiger partial charge in [0.15, 0.2) is 0 Å². The van der Waals surface area contributed by atoms with Crippen molar-refractivity contribution in [2.45, 2.75) is 5.41 Å². The summed E-state index contributed by atoms with van der Waals surface area (Å²) >= 11 is 0. The Hall–Kier alpha value is -6.44. The topological polar surface area (TPSA) is 44.9 Å². The summed E-state index contributed by atoms with van der Waals surface area (Å²) in [7, 11) is 0. The number of nitrogens with zero attached hydrogens (tertiary/aromatic N) is 4. The molecule has 3 heterocycles. The summed E-state index contributed by atoms with van der Waals surface area (Å²) in [5, 5.41) is 11.8. The van der Waals surface area contributed by atoms with Gasteiger partial charge < -0.3 is 0 Å². The van der Waals surface area contributed by atoms with E-state index in [1.807, 2.05) is 24.3 Å². The smallest absolute Gasteiger partial charge is 0.140 e. The van der Waals surface area contributed by atoms with Crippen LogP contribution in [0.25, 0.3) is 27.6 Å². The van der Waals surface area contributed by atoms with Crippen molar-refractivity contribution in [2.75, 3.05) is 4.90 Å². The Balaban J connectivity index is 1.31. The molecule has 1 aliphatic rings. The number of para-hydroxylation sites is 3. The molecule has 0 bridgehead atoms. The van der Waals surface area contributed by atoms with Gasteiger partial charge >= 0.3 is 0 Å². The lowest BCUT2D eigenvalue weighted by Crippen LogP contribution is -2.37. The van der Waals surface area contributed by atoms with Crippen molar-refractivity contribution < 1.29 is 0 Å². The maximum atomic E-state index is 9.64. The lowest BCUT2D eigenvalue weighted by atomic mass is 9.62. The minimum atomic E-state index is -0.533. The third kappa shape index (κ3) is 3.90. The predicted octanol–water partition coefficient (Wildman–Crippen LogP) is 10.2. The Morgan fingerprint density at radius 2 is 1.04 bits per heavy atom. The minimum absolute atomic E-state index is 0.533. The van der Waals surface area contributed by atoms with Crippen molar-refractivity contribution in [3.63, 3.8) is 0 Å². The molecule has 0 radical (unpaired) electrons. The van der Waals surface area contributed by atoms with E-state index < -0.39 is 5.41 Å². The fourth-order valence-electron chi connectivity index (χ4n) is 7.61. The molecule has 0 saturated carbocycles. The van der Waals surface area contributed by atoms with Gasteiger partial charge in [-0.15, -0.1) is 0 Å². The minimum Gasteiger partial charge on any atom is -0.294 e. The molecule has 0 atom stereocenters. The van der Waals surface area contributed by atoms with E-state index in [0.29, 0.717) is 5.56 Å². The SMILES string of the molecule is N#Cc1ccc2c(c1)c1ccccc1n2-c1cccc(N2c3ccccc3C(c3ccccc3)(c3ccccc3)c3ccccc32)n1. The maximum Gasteiger partial charge on any atom is 0.140 e. The van der Waals surface area contributed by atoms with Gasteiger partial charge in [0.05, 0.1) is 39.5 Å². The van der Waals surface area contributed by atoms with Gasteiger partial charge in [0, 0.05) is 10.8 Å². The Bertz CT molecular complexity index is 2400. The number of pyridine rings is 1. The number of rotatable bonds is 4. The highest BCUT2D eigenvalue weighted by molar-refractivity contribution is 6.09. The maximum absolute atomic E-state index is 9.64. The van der Waals surface area contributed by atoms with Crippen LogP contribution in [0.1, 0.15) is 27.8 Å². The van der Waals surface area contributed by atoms with Crippen LogP contribution in [0.3, 0.4) is 0 Å². The first-order valence-corrected chi connectivity index (χ1v) is 15.8. The number of fused-ring (bicyclic) bond motifs is 5. The molecular weight excluding hydrogens is 573 g/mol. The first-order valence-electron chi connectivity index (χ1n) is 15.8. The number of hydrogen-bond donors (Lipinski definition) is 0. The second-order valence-corrected chi connectivity index (χ2v) is 11.9. The second kappa shape index (κ2) is 10.6. The lowest BCUT2D eigenvalue weighted by molar-refractivity contribution is 0.730. The van der Waals surface area contributed by atoms with Crippen LogP contribution in [-0.2, 0) is 5.41 Å². The molecule has 0 fully saturated rings. The van der Waals surface area contributed by atoms with Crippen LogP contribution in [0.2, 0.25) is 0 Å². The van der Waals surface area contributed by atoms with Gasteiger partial charge in [-0.1, -0.05) is 121 Å². The van der Waals surface area contributed by atoms with Gasteiger partial charge in [-0.05, 0) is 70.8 Å². The zero-order valence-corrected chi connectivity index (χ0v) is 25.5. The standard InChI is InChI=1S/C43H28N4/c44-29-30-26-27-38-34(28-30)33-18-7-10-21-37(33)46(38)41-24-13-25-42(45-41)47-39-22-11-8-19-35(39)43(31-14-3-1-4-15-31,32-16-5-2-6-17-32)36-20-9-12-23-40(36)47/h1-28H. The Kier molecular flexibility index (Phi) is 6.06. The van der Waals surface area contributed by atoms with Crippen LogP contribution in [0.15, 0.2) is 170 Å². The van der Waals surface area contributed by atoms with Crippen LogP contribution in [0.4, 0.5) is 17.2 Å². The number of aromatic nitrogens is 2. The first kappa shape index (κ1) is 26.9. The van der Waals surface area contributed by atoms with E-state index in [1.54, 1.807) is 0 Å². The molecular formula is C43H28N4. The van der Waals surface area contributed by atoms with E-state index in [2.05, 4.69) is 161 Å². The van der Waals surface area contributed by atoms with Crippen LogP contribution < -0.4 is 4.90 Å². The second-order valence-electron chi connectivity index (χ2n) is 11.9. The molecule has 9 rings (SSSR count). The van der Waals surface area contributed by atoms with E-state index in [0.717, 1.165) is 44.8 Å². The largest absolute Gasteiger partial charge is 0.294 e. The highest BCUT2D eigenvalue weighted by Crippen LogP contribution is 2.57. The average Bonchev–Trinajstić information content (AvgIpc) is 3.48. The molecule has 47 heavy (non-hydrogen) atoms. The van der Waals surface area contributed by atoms with Crippen LogP contribution in [0.5, 0.6) is 0 Å². The van der Waals surface area contributed by atoms with Gasteiger partial charge in [-0.25, -0.2) is 4.98 Å². The fourth-order valence-corrected chi connectivity index (χ4v) is 7.61. The average molecular weight is 601 g/mol. The molecule has 0 amide bonds. The first-order chi connectivity index (χ1) is 23.3. The van der Waals surface area contributed by atoms with Gasteiger partial charge in [0.1, 0.15) is 11.6 Å². The Morgan fingerprint density at radius 1 is 0.489 bits per heavy atom. The van der Waals surface area contributed by atoms with Gasteiger partial charge in [0.2, 0.25) is 0 Å². The van der Waals surface area contributed by atoms with E-state index in [9.17, 15) is 5.26 Å². The third-order valence-corrected chi connectivity index (χ3v) is 9.49. The fraction of sp³-hybridized carbons (Fsp3) is 0.0233. The molecule has 220 valence electrons. The monoisotopic (exact) mass is 600 g/mol. The van der Waals surface area contributed by atoms with Crippen molar-refractivity contribution in [3.8, 4) is 11.9 Å². The summed E-state index contributed by atoms with van der Waals surface area (Å²) in [6.45, 7) is 0. The summed E-state index contributed by atoms with van der Waals surface area (Å²) in [6, 6.07) is 61.9. The predicted molar refractivity (Wildman–Crippen MR) is 190 cm³/mol. The summed E-state index contributed by atoms with van der Waals surface area (Å²) in [6.07, 6.45) is 0. The van der Waals surface area contributed by atoms with Crippen molar-refractivity contribution in [3.05, 3.63) is 198 Å². The molecule has 0 saturated heterocycles. The summed E-state index contributed by atoms with van der Waals surface area (Å²) < 4.78 is 2.20. The van der Waals surface area contributed by atoms with Crippen LogP contribution >= 0.6 is 0 Å². The van der Waals surface area contributed by atoms with Gasteiger partial charge in [-0.2, -0.15) is 5.26 Å². The summed E-state index contributed by atoms with van der Waals surface area (Å²) in [5.74, 6) is 1.65. The van der Waals surface area contributed by atoms with Crippen LogP contribution in [0, 0.1) is 11.3 Å². The lowest BCUT2D eigenvalue weighted by Gasteiger charge is -2.46. The van der Waals surface area contributed by atoms with Crippen LogP contribution in [-0.4, -0.2) is 9.55 Å². The molecule has 0 spiro atoms. The normalized spacial score (nSPS) is 13.2. The van der Waals surface area contributed by atoms with E-state index in [4.69, 9.17) is 4.98 Å². The van der Waals surface area contributed by atoms with Crippen molar-refractivity contribution in [2.24, 2.45) is 0 Å². The molecule has 1 aliphatic heterocycles. The van der Waals surface area contributed by atoms with Crippen molar-refractivity contribution in [1.29, 1.82) is 5.26 Å². The highest BCUT2D eigenvalue weighted by Gasteiger charge is 2.46. The number of hydrogen-bond acceptors (Lipinski definition) is 3. The number of benzene rings is 6. The number of anilines is 3. The zero-order chi connectivity index (χ0) is 31.4. The molecule has 2 aromatic heterocycles. The quantitative estimate of drug-likeness (QED) is 0.202. The third-order valence-electron chi connectivity index (χ3n) is 9.49. The zero-order valence-electron chi connectivity index (χ0n) is 25.5. The van der Waals surface area contributed by atoms with E-state index in [-0.39, 0.29) is 0 Å². The summed E-state index contributed by atoms with van der Waals surface area (Å²) in [5.41, 5.74) is 9.18. The summed E-state index contributed by atoms with van der Waals surface area (Å²) in [4.78, 5) is 7.70.